The molecule has 4 N–H and O–H groups in total. The molecule has 3 aliphatic heterocycles. The number of hydrogen-bond donors (Lipinski definition) is 4. The third-order valence-corrected chi connectivity index (χ3v) is 11.0. The molecule has 15 heteroatoms. The van der Waals surface area contributed by atoms with Gasteiger partial charge in [0.1, 0.15) is 36.3 Å². The second-order valence-corrected chi connectivity index (χ2v) is 16.2. The van der Waals surface area contributed by atoms with Gasteiger partial charge in [0.15, 0.2) is 18.7 Å². The van der Waals surface area contributed by atoms with E-state index >= 15 is 0 Å². The van der Waals surface area contributed by atoms with Crippen LogP contribution in [0, 0.1) is 11.8 Å². The van der Waals surface area contributed by atoms with Gasteiger partial charge in [0, 0.05) is 32.8 Å². The van der Waals surface area contributed by atoms with Crippen LogP contribution in [0.4, 0.5) is 0 Å². The van der Waals surface area contributed by atoms with Crippen LogP contribution in [0.2, 0.25) is 0 Å². The van der Waals surface area contributed by atoms with Crippen molar-refractivity contribution in [3.05, 3.63) is 24.3 Å². The van der Waals surface area contributed by atoms with Gasteiger partial charge in [-0.05, 0) is 66.5 Å². The van der Waals surface area contributed by atoms with Crippen molar-refractivity contribution in [1.29, 1.82) is 0 Å². The van der Waals surface area contributed by atoms with Crippen LogP contribution in [0.1, 0.15) is 99.3 Å². The van der Waals surface area contributed by atoms with Crippen molar-refractivity contribution >= 4 is 18.2 Å². The third kappa shape index (κ3) is 13.6. The molecule has 3 aliphatic rings. The largest absolute Gasteiger partial charge is 0.462 e. The van der Waals surface area contributed by atoms with Crippen molar-refractivity contribution in [2.75, 3.05) is 21.2 Å². The number of unbranched alkanes of at least 4 members (excludes halogenated alkanes) is 2. The molecule has 322 valence electrons. The molecule has 0 aromatic carbocycles. The summed E-state index contributed by atoms with van der Waals surface area (Å²) in [6.45, 7) is 10.6. The number of carbonyl (C=O) groups is 3. The third-order valence-electron chi connectivity index (χ3n) is 11.0. The average Bonchev–Trinajstić information content (AvgIpc) is 3.10. The van der Waals surface area contributed by atoms with Crippen LogP contribution < -0.4 is 0 Å². The van der Waals surface area contributed by atoms with E-state index in [4.69, 9.17) is 33.2 Å². The Bertz CT molecular complexity index is 1280. The van der Waals surface area contributed by atoms with Crippen LogP contribution in [0.5, 0.6) is 0 Å². The first-order valence-corrected chi connectivity index (χ1v) is 20.2. The first kappa shape index (κ1) is 48.1. The fourth-order valence-electron chi connectivity index (χ4n) is 7.97. The van der Waals surface area contributed by atoms with E-state index in [1.807, 2.05) is 19.9 Å². The van der Waals surface area contributed by atoms with Crippen LogP contribution in [-0.2, 0) is 47.5 Å². The second-order valence-electron chi connectivity index (χ2n) is 16.2. The number of rotatable bonds is 13. The number of likely N-dealkylation sites (N-methyl/N-ethyl adjacent to an activating group) is 1. The van der Waals surface area contributed by atoms with Crippen molar-refractivity contribution < 1.29 is 68.0 Å². The van der Waals surface area contributed by atoms with Crippen LogP contribution in [0.25, 0.3) is 0 Å². The predicted octanol–water partition coefficient (Wildman–Crippen LogP) is 2.98. The van der Waals surface area contributed by atoms with E-state index in [2.05, 4.69) is 0 Å². The van der Waals surface area contributed by atoms with Crippen molar-refractivity contribution in [2.45, 2.75) is 185 Å². The molecule has 0 amide bonds. The topological polar surface area (TPSA) is 200 Å². The highest BCUT2D eigenvalue weighted by Gasteiger charge is 2.52. The van der Waals surface area contributed by atoms with Crippen LogP contribution >= 0.6 is 0 Å². The van der Waals surface area contributed by atoms with Gasteiger partial charge < -0.3 is 63.3 Å². The summed E-state index contributed by atoms with van der Waals surface area (Å²) in [5.41, 5.74) is -1.48. The molecule has 0 bridgehead atoms. The van der Waals surface area contributed by atoms with Gasteiger partial charge in [-0.15, -0.1) is 0 Å². The Balaban J connectivity index is 1.88. The maximum absolute atomic E-state index is 12.9. The predicted molar refractivity (Wildman–Crippen MR) is 205 cm³/mol. The summed E-state index contributed by atoms with van der Waals surface area (Å²) in [6.07, 6.45) is -1.26. The van der Waals surface area contributed by atoms with E-state index in [1.165, 1.54) is 7.11 Å². The Morgan fingerprint density at radius 1 is 1.02 bits per heavy atom. The van der Waals surface area contributed by atoms with Crippen molar-refractivity contribution in [2.24, 2.45) is 11.8 Å². The van der Waals surface area contributed by atoms with Crippen molar-refractivity contribution in [3.8, 4) is 0 Å². The second kappa shape index (κ2) is 22.7. The fraction of sp³-hybridized carbons (Fsp3) is 0.829. The van der Waals surface area contributed by atoms with E-state index in [-0.39, 0.29) is 31.6 Å². The Morgan fingerprint density at radius 3 is 2.36 bits per heavy atom. The molecular weight excluding hydrogens is 730 g/mol. The number of aliphatic hydroxyl groups excluding tert-OH is 3. The molecule has 3 heterocycles. The summed E-state index contributed by atoms with van der Waals surface area (Å²) in [5.74, 6) is -2.08. The molecule has 0 aliphatic carbocycles. The highest BCUT2D eigenvalue weighted by Crippen LogP contribution is 2.37. The molecule has 56 heavy (non-hydrogen) atoms. The Labute approximate surface area is 332 Å². The molecule has 0 aromatic rings. The highest BCUT2D eigenvalue weighted by molar-refractivity contribution is 5.70. The minimum Gasteiger partial charge on any atom is -0.462 e. The van der Waals surface area contributed by atoms with E-state index in [1.54, 1.807) is 64.9 Å². The SMILES string of the molecule is CCCCCC(=O)OC1C(C)OC(OC2C(C)OC(OC3C(CC=O)CC(C)C(O)C=CC=CCC(C)OC(=O)CC(O)C3OC)C(O)C2N(C)C)CC1(C)O. The smallest absolute Gasteiger partial charge is 0.308 e. The van der Waals surface area contributed by atoms with Gasteiger partial charge in [-0.2, -0.15) is 0 Å². The van der Waals surface area contributed by atoms with Gasteiger partial charge >= 0.3 is 11.9 Å². The summed E-state index contributed by atoms with van der Waals surface area (Å²) in [5, 5.41) is 45.8. The van der Waals surface area contributed by atoms with E-state index in [0.29, 0.717) is 12.8 Å². The maximum atomic E-state index is 12.9. The van der Waals surface area contributed by atoms with E-state index in [0.717, 1.165) is 19.1 Å². The summed E-state index contributed by atoms with van der Waals surface area (Å²) >= 11 is 0. The molecule has 0 spiro atoms. The van der Waals surface area contributed by atoms with E-state index < -0.39 is 110 Å². The molecule has 15 nitrogen and oxygen atoms in total. The number of aldehydes is 1. The number of methoxy groups -OCH3 is 1. The first-order valence-electron chi connectivity index (χ1n) is 20.2. The van der Waals surface area contributed by atoms with Crippen LogP contribution in [-0.4, -0.2) is 150 Å². The number of carbonyl (C=O) groups excluding carboxylic acids is 3. The first-order chi connectivity index (χ1) is 26.4. The van der Waals surface area contributed by atoms with Crippen LogP contribution in [0.15, 0.2) is 24.3 Å². The quantitative estimate of drug-likeness (QED) is 0.120. The summed E-state index contributed by atoms with van der Waals surface area (Å²) in [4.78, 5) is 39.3. The summed E-state index contributed by atoms with van der Waals surface area (Å²) in [7, 11) is 4.87. The number of aliphatic hydroxyl groups is 4. The van der Waals surface area contributed by atoms with Gasteiger partial charge in [-0.1, -0.05) is 51.0 Å². The molecule has 3 rings (SSSR count). The lowest BCUT2D eigenvalue weighted by molar-refractivity contribution is -0.344. The fourth-order valence-corrected chi connectivity index (χ4v) is 7.97. The molecule has 0 aromatic heterocycles. The zero-order valence-corrected chi connectivity index (χ0v) is 34.7. The van der Waals surface area contributed by atoms with E-state index in [9.17, 15) is 34.8 Å². The standard InChI is InChI=1S/C41H69NO14/c1-10-11-13-18-31(46)54-39-27(5)52-33(23-41(39,6)49)55-36-26(4)53-40(35(48)34(36)42(7)8)56-37-28(19-20-43)21-24(2)29(44)17-15-12-14-16-25(3)51-32(47)22-30(45)38(37)50-9/h12,14-15,17,20,24-30,33-40,44-45,48-49H,10-11,13,16,18-19,21-23H2,1-9H3. The monoisotopic (exact) mass is 799 g/mol. The highest BCUT2D eigenvalue weighted by atomic mass is 16.7. The normalized spacial score (nSPS) is 40.6. The van der Waals surface area contributed by atoms with Crippen LogP contribution in [0.3, 0.4) is 0 Å². The number of cyclic esters (lactones) is 1. The molecule has 0 radical (unpaired) electrons. The van der Waals surface area contributed by atoms with Gasteiger partial charge in [0.05, 0.1) is 43.0 Å². The van der Waals surface area contributed by atoms with Crippen molar-refractivity contribution in [1.82, 2.24) is 4.90 Å². The van der Waals surface area contributed by atoms with Gasteiger partial charge in [0.25, 0.3) is 0 Å². The average molecular weight is 800 g/mol. The Morgan fingerprint density at radius 2 is 1.73 bits per heavy atom. The van der Waals surface area contributed by atoms with Gasteiger partial charge in [-0.25, -0.2) is 0 Å². The van der Waals surface area contributed by atoms with Crippen molar-refractivity contribution in [3.63, 3.8) is 0 Å². The molecule has 0 saturated carbocycles. The molecule has 2 fully saturated rings. The zero-order valence-electron chi connectivity index (χ0n) is 34.7. The van der Waals surface area contributed by atoms with Gasteiger partial charge in [0.2, 0.25) is 0 Å². The summed E-state index contributed by atoms with van der Waals surface area (Å²) in [6, 6.07) is -0.751. The number of ether oxygens (including phenoxy) is 7. The number of nitrogens with zero attached hydrogens (tertiary/aromatic N) is 1. The lowest BCUT2D eigenvalue weighted by atomic mass is 9.82. The molecule has 16 unspecified atom stereocenters. The Kier molecular flexibility index (Phi) is 19.5. The number of hydrogen-bond acceptors (Lipinski definition) is 15. The Hall–Kier alpha value is -2.31. The lowest BCUT2D eigenvalue weighted by Crippen LogP contribution is -2.66. The zero-order chi connectivity index (χ0) is 41.7. The van der Waals surface area contributed by atoms with Gasteiger partial charge in [-0.3, -0.25) is 9.59 Å². The minimum absolute atomic E-state index is 0.0246. The minimum atomic E-state index is -1.48. The molecule has 2 saturated heterocycles. The summed E-state index contributed by atoms with van der Waals surface area (Å²) < 4.78 is 42.5. The number of esters is 2. The number of allylic oxidation sites excluding steroid dienone is 2. The molecule has 16 atom stereocenters. The maximum Gasteiger partial charge on any atom is 0.308 e. The molecular formula is C41H69NO14. The lowest BCUT2D eigenvalue weighted by Gasteiger charge is -2.50.